The van der Waals surface area contributed by atoms with Crippen LogP contribution in [0.25, 0.3) is 11.0 Å². The maximum atomic E-state index is 12.2. The van der Waals surface area contributed by atoms with Crippen LogP contribution in [-0.2, 0) is 20.8 Å². The molecule has 10 heteroatoms. The third-order valence-electron chi connectivity index (χ3n) is 4.38. The Balaban J connectivity index is 2.11. The fourth-order valence-electron chi connectivity index (χ4n) is 2.85. The number of aromatic hydroxyl groups is 2. The largest absolute Gasteiger partial charge is 0.508 e. The summed E-state index contributed by atoms with van der Waals surface area (Å²) in [5.41, 5.74) is -0.548. The maximum Gasteiger partial charge on any atom is 0.340 e. The Morgan fingerprint density at radius 3 is 2.38 bits per heavy atom. The van der Waals surface area contributed by atoms with E-state index in [-0.39, 0.29) is 33.9 Å². The SMILES string of the molecule is Cc1c(CC(=O)NCC(=O)NC(C(=O)O)C(C)C)c(=O)oc2cc(O)cc(O)c12. The van der Waals surface area contributed by atoms with Crippen molar-refractivity contribution in [3.8, 4) is 11.5 Å². The minimum Gasteiger partial charge on any atom is -0.508 e. The highest BCUT2D eigenvalue weighted by Gasteiger charge is 2.24. The lowest BCUT2D eigenvalue weighted by Gasteiger charge is -2.18. The van der Waals surface area contributed by atoms with Gasteiger partial charge in [0.1, 0.15) is 23.1 Å². The van der Waals surface area contributed by atoms with Gasteiger partial charge in [0.2, 0.25) is 11.8 Å². The molecule has 1 heterocycles. The van der Waals surface area contributed by atoms with Crippen LogP contribution in [0.1, 0.15) is 25.0 Å². The molecule has 0 spiro atoms. The van der Waals surface area contributed by atoms with Crippen molar-refractivity contribution < 1.29 is 34.1 Å². The van der Waals surface area contributed by atoms with Gasteiger partial charge in [0.25, 0.3) is 0 Å². The van der Waals surface area contributed by atoms with Gasteiger partial charge in [-0.2, -0.15) is 0 Å². The van der Waals surface area contributed by atoms with Gasteiger partial charge in [-0.15, -0.1) is 0 Å². The zero-order valence-corrected chi connectivity index (χ0v) is 16.1. The van der Waals surface area contributed by atoms with Crippen LogP contribution in [0.2, 0.25) is 0 Å². The van der Waals surface area contributed by atoms with Crippen LogP contribution in [-0.4, -0.2) is 45.7 Å². The Hall–Kier alpha value is -3.56. The first-order valence-electron chi connectivity index (χ1n) is 8.78. The molecule has 5 N–H and O–H groups in total. The molecule has 0 saturated heterocycles. The van der Waals surface area contributed by atoms with Crippen molar-refractivity contribution in [2.45, 2.75) is 33.2 Å². The summed E-state index contributed by atoms with van der Waals surface area (Å²) >= 11 is 0. The van der Waals surface area contributed by atoms with E-state index in [2.05, 4.69) is 10.6 Å². The number of aliphatic carboxylic acids is 1. The van der Waals surface area contributed by atoms with Gasteiger partial charge in [0.15, 0.2) is 0 Å². The second-order valence-electron chi connectivity index (χ2n) is 6.91. The third kappa shape index (κ3) is 5.03. The second kappa shape index (κ2) is 8.63. The minimum absolute atomic E-state index is 0.0120. The second-order valence-corrected chi connectivity index (χ2v) is 6.91. The zero-order valence-electron chi connectivity index (χ0n) is 16.1. The molecule has 0 aliphatic carbocycles. The van der Waals surface area contributed by atoms with Crippen LogP contribution in [0.15, 0.2) is 21.3 Å². The van der Waals surface area contributed by atoms with Crippen molar-refractivity contribution in [2.75, 3.05) is 6.54 Å². The van der Waals surface area contributed by atoms with Gasteiger partial charge in [-0.1, -0.05) is 13.8 Å². The maximum absolute atomic E-state index is 12.2. The molecule has 29 heavy (non-hydrogen) atoms. The molecular weight excluding hydrogens is 384 g/mol. The molecule has 2 aromatic rings. The van der Waals surface area contributed by atoms with Crippen molar-refractivity contribution in [3.63, 3.8) is 0 Å². The lowest BCUT2D eigenvalue weighted by molar-refractivity contribution is -0.143. The molecule has 156 valence electrons. The lowest BCUT2D eigenvalue weighted by atomic mass is 10.0. The van der Waals surface area contributed by atoms with Gasteiger partial charge >= 0.3 is 11.6 Å². The average Bonchev–Trinajstić information content (AvgIpc) is 2.60. The molecule has 1 atom stereocenters. The first-order valence-corrected chi connectivity index (χ1v) is 8.78. The minimum atomic E-state index is -1.19. The molecule has 1 aromatic carbocycles. The van der Waals surface area contributed by atoms with Gasteiger partial charge in [-0.25, -0.2) is 9.59 Å². The highest BCUT2D eigenvalue weighted by Crippen LogP contribution is 2.32. The van der Waals surface area contributed by atoms with E-state index in [1.807, 2.05) is 0 Å². The Morgan fingerprint density at radius 2 is 1.79 bits per heavy atom. The van der Waals surface area contributed by atoms with Gasteiger partial charge in [0.05, 0.1) is 23.9 Å². The summed E-state index contributed by atoms with van der Waals surface area (Å²) in [5.74, 6) is -3.47. The molecule has 0 radical (unpaired) electrons. The van der Waals surface area contributed by atoms with E-state index in [0.717, 1.165) is 6.07 Å². The van der Waals surface area contributed by atoms with Crippen LogP contribution in [0.4, 0.5) is 0 Å². The number of hydrogen-bond acceptors (Lipinski definition) is 7. The van der Waals surface area contributed by atoms with Gasteiger partial charge in [-0.3, -0.25) is 9.59 Å². The summed E-state index contributed by atoms with van der Waals surface area (Å²) in [6.45, 7) is 4.32. The number of carboxylic acids is 1. The number of hydrogen-bond donors (Lipinski definition) is 5. The summed E-state index contributed by atoms with van der Waals surface area (Å²) in [4.78, 5) is 47.3. The van der Waals surface area contributed by atoms with E-state index in [0.29, 0.717) is 5.56 Å². The van der Waals surface area contributed by atoms with Crippen molar-refractivity contribution in [3.05, 3.63) is 33.7 Å². The number of aryl methyl sites for hydroxylation is 1. The number of carboxylic acid groups (broad SMARTS) is 1. The first kappa shape index (κ1) is 21.7. The number of benzene rings is 1. The lowest BCUT2D eigenvalue weighted by Crippen LogP contribution is -2.48. The number of phenolic OH excluding ortho intramolecular Hbond substituents is 2. The summed E-state index contributed by atoms with van der Waals surface area (Å²) in [5, 5.41) is 33.4. The van der Waals surface area contributed by atoms with Crippen molar-refractivity contribution in [1.29, 1.82) is 0 Å². The van der Waals surface area contributed by atoms with E-state index in [1.54, 1.807) is 13.8 Å². The third-order valence-corrected chi connectivity index (χ3v) is 4.38. The zero-order chi connectivity index (χ0) is 21.9. The molecule has 0 saturated carbocycles. The fourth-order valence-corrected chi connectivity index (χ4v) is 2.85. The van der Waals surface area contributed by atoms with Gasteiger partial charge < -0.3 is 30.4 Å². The molecule has 2 amide bonds. The van der Waals surface area contributed by atoms with Crippen LogP contribution >= 0.6 is 0 Å². The van der Waals surface area contributed by atoms with Gasteiger partial charge in [0, 0.05) is 12.1 Å². The Labute approximate surface area is 165 Å². The fraction of sp³-hybridized carbons (Fsp3) is 0.368. The van der Waals surface area contributed by atoms with E-state index in [9.17, 15) is 29.4 Å². The number of carbonyl (C=O) groups is 3. The Morgan fingerprint density at radius 1 is 1.14 bits per heavy atom. The molecule has 0 fully saturated rings. The topological polar surface area (TPSA) is 166 Å². The average molecular weight is 406 g/mol. The summed E-state index contributed by atoms with van der Waals surface area (Å²) in [6, 6.07) is 1.16. The highest BCUT2D eigenvalue weighted by molar-refractivity contribution is 5.91. The molecule has 0 aliphatic rings. The smallest absolute Gasteiger partial charge is 0.340 e. The Bertz CT molecular complexity index is 1030. The molecule has 10 nitrogen and oxygen atoms in total. The quantitative estimate of drug-likeness (QED) is 0.412. The van der Waals surface area contributed by atoms with E-state index in [1.165, 1.54) is 13.0 Å². The van der Waals surface area contributed by atoms with E-state index in [4.69, 9.17) is 9.52 Å². The standard InChI is InChI=1S/C19H22N2O8/c1-8(2)17(18(26)27)21-15(25)7-20-14(24)6-11-9(3)16-12(23)4-10(22)5-13(16)29-19(11)28/h4-5,8,17,22-23H,6-7H2,1-3H3,(H,20,24)(H,21,25)(H,26,27). The monoisotopic (exact) mass is 406 g/mol. The number of nitrogens with one attached hydrogen (secondary N) is 2. The van der Waals surface area contributed by atoms with Crippen molar-refractivity contribution >= 4 is 28.8 Å². The van der Waals surface area contributed by atoms with Crippen LogP contribution in [0.3, 0.4) is 0 Å². The molecule has 1 aromatic heterocycles. The highest BCUT2D eigenvalue weighted by atomic mass is 16.4. The normalized spacial score (nSPS) is 12.0. The molecule has 1 unspecified atom stereocenters. The number of amides is 2. The van der Waals surface area contributed by atoms with Gasteiger partial charge in [-0.05, 0) is 18.4 Å². The number of fused-ring (bicyclic) bond motifs is 1. The molecular formula is C19H22N2O8. The predicted octanol–water partition coefficient (Wildman–Crippen LogP) is 0.397. The van der Waals surface area contributed by atoms with E-state index >= 15 is 0 Å². The van der Waals surface area contributed by atoms with Crippen molar-refractivity contribution in [2.24, 2.45) is 5.92 Å². The number of phenols is 2. The first-order chi connectivity index (χ1) is 13.5. The van der Waals surface area contributed by atoms with Crippen LogP contribution in [0, 0.1) is 12.8 Å². The van der Waals surface area contributed by atoms with E-state index < -0.39 is 42.4 Å². The molecule has 0 bridgehead atoms. The number of rotatable bonds is 7. The molecule has 2 rings (SSSR count). The molecule has 0 aliphatic heterocycles. The summed E-state index contributed by atoms with van der Waals surface area (Å²) in [6.07, 6.45) is -0.412. The summed E-state index contributed by atoms with van der Waals surface area (Å²) in [7, 11) is 0. The van der Waals surface area contributed by atoms with Crippen LogP contribution < -0.4 is 16.3 Å². The van der Waals surface area contributed by atoms with Crippen LogP contribution in [0.5, 0.6) is 11.5 Å². The Kier molecular flexibility index (Phi) is 6.47. The number of carbonyl (C=O) groups excluding carboxylic acids is 2. The van der Waals surface area contributed by atoms with Crippen molar-refractivity contribution in [1.82, 2.24) is 10.6 Å². The summed E-state index contributed by atoms with van der Waals surface area (Å²) < 4.78 is 5.07. The predicted molar refractivity (Wildman–Crippen MR) is 102 cm³/mol.